The van der Waals surface area contributed by atoms with Crippen LogP contribution in [0.1, 0.15) is 38.0 Å². The Hall–Kier alpha value is -2.09. The molecule has 144 valence electrons. The molecule has 0 aliphatic rings. The Kier molecular flexibility index (Phi) is 7.65. The van der Waals surface area contributed by atoms with E-state index in [1.807, 2.05) is 83.3 Å². The Labute approximate surface area is 173 Å². The van der Waals surface area contributed by atoms with Gasteiger partial charge in [-0.2, -0.15) is 0 Å². The first kappa shape index (κ1) is 21.2. The van der Waals surface area contributed by atoms with Crippen molar-refractivity contribution in [3.63, 3.8) is 0 Å². The van der Waals surface area contributed by atoms with E-state index in [9.17, 15) is 9.59 Å². The molecule has 0 spiro atoms. The van der Waals surface area contributed by atoms with Crippen LogP contribution in [0, 0.1) is 0 Å². The van der Waals surface area contributed by atoms with Crippen LogP contribution < -0.4 is 5.32 Å². The summed E-state index contributed by atoms with van der Waals surface area (Å²) in [4.78, 5) is 24.7. The first-order valence-electron chi connectivity index (χ1n) is 8.66. The standard InChI is InChI=1S/C21H24INO4/c1-21(2,3)27-20(25)23-17(14-22)19(24)26-18(15-10-6-4-7-11-15)16-12-8-5-9-13-16/h4-13,17-18H,14H2,1-3H3,(H,23,25)/t17-/m0/s1. The van der Waals surface area contributed by atoms with Gasteiger partial charge in [-0.1, -0.05) is 83.3 Å². The fraction of sp³-hybridized carbons (Fsp3) is 0.333. The number of ether oxygens (including phenoxy) is 2. The van der Waals surface area contributed by atoms with Gasteiger partial charge < -0.3 is 14.8 Å². The highest BCUT2D eigenvalue weighted by Crippen LogP contribution is 2.26. The SMILES string of the molecule is CC(C)(C)OC(=O)N[C@@H](CI)C(=O)OC(c1ccccc1)c1ccccc1. The lowest BCUT2D eigenvalue weighted by molar-refractivity contribution is -0.149. The van der Waals surface area contributed by atoms with Crippen LogP contribution in [0.2, 0.25) is 0 Å². The lowest BCUT2D eigenvalue weighted by Crippen LogP contribution is -2.45. The molecule has 2 aromatic carbocycles. The minimum Gasteiger partial charge on any atom is -0.451 e. The van der Waals surface area contributed by atoms with Crippen molar-refractivity contribution in [1.29, 1.82) is 0 Å². The van der Waals surface area contributed by atoms with Gasteiger partial charge in [-0.05, 0) is 31.9 Å². The van der Waals surface area contributed by atoms with Crippen LogP contribution in [-0.2, 0) is 14.3 Å². The van der Waals surface area contributed by atoms with Gasteiger partial charge >= 0.3 is 12.1 Å². The first-order chi connectivity index (χ1) is 12.8. The molecule has 2 rings (SSSR count). The summed E-state index contributed by atoms with van der Waals surface area (Å²) in [6, 6.07) is 18.2. The lowest BCUT2D eigenvalue weighted by Gasteiger charge is -2.24. The number of amides is 1. The molecule has 0 heterocycles. The second kappa shape index (κ2) is 9.73. The highest BCUT2D eigenvalue weighted by molar-refractivity contribution is 14.1. The van der Waals surface area contributed by atoms with Crippen LogP contribution in [0.15, 0.2) is 60.7 Å². The number of hydrogen-bond donors (Lipinski definition) is 1. The number of carbonyl (C=O) groups excluding carboxylic acids is 2. The van der Waals surface area contributed by atoms with E-state index in [1.54, 1.807) is 20.8 Å². The Morgan fingerprint density at radius 3 is 1.85 bits per heavy atom. The van der Waals surface area contributed by atoms with E-state index >= 15 is 0 Å². The molecule has 1 N–H and O–H groups in total. The van der Waals surface area contributed by atoms with Crippen molar-refractivity contribution < 1.29 is 19.1 Å². The first-order valence-corrected chi connectivity index (χ1v) is 10.2. The predicted octanol–water partition coefficient (Wildman–Crippen LogP) is 4.65. The van der Waals surface area contributed by atoms with Crippen molar-refractivity contribution in [3.05, 3.63) is 71.8 Å². The number of carbonyl (C=O) groups is 2. The largest absolute Gasteiger partial charge is 0.451 e. The predicted molar refractivity (Wildman–Crippen MR) is 113 cm³/mol. The molecule has 0 bridgehead atoms. The van der Waals surface area contributed by atoms with Crippen molar-refractivity contribution in [2.45, 2.75) is 38.5 Å². The zero-order valence-electron chi connectivity index (χ0n) is 15.6. The molecule has 1 atom stereocenters. The van der Waals surface area contributed by atoms with E-state index in [0.29, 0.717) is 4.43 Å². The van der Waals surface area contributed by atoms with Crippen LogP contribution in [0.5, 0.6) is 0 Å². The Bertz CT molecular complexity index is 704. The summed E-state index contributed by atoms with van der Waals surface area (Å²) in [7, 11) is 0. The average Bonchev–Trinajstić information content (AvgIpc) is 2.64. The Morgan fingerprint density at radius 2 is 1.44 bits per heavy atom. The van der Waals surface area contributed by atoms with Gasteiger partial charge in [0, 0.05) is 4.43 Å². The minimum absolute atomic E-state index is 0.367. The molecular formula is C21H24INO4. The Morgan fingerprint density at radius 1 is 0.963 bits per heavy atom. The molecule has 0 saturated carbocycles. The van der Waals surface area contributed by atoms with Gasteiger partial charge in [0.05, 0.1) is 0 Å². The second-order valence-electron chi connectivity index (χ2n) is 6.99. The van der Waals surface area contributed by atoms with Crippen LogP contribution in [0.25, 0.3) is 0 Å². The van der Waals surface area contributed by atoms with Gasteiger partial charge in [0.2, 0.25) is 0 Å². The third-order valence-corrected chi connectivity index (χ3v) is 4.45. The highest BCUT2D eigenvalue weighted by Gasteiger charge is 2.28. The minimum atomic E-state index is -0.796. The summed E-state index contributed by atoms with van der Waals surface area (Å²) in [5, 5.41) is 2.59. The van der Waals surface area contributed by atoms with Gasteiger partial charge in [-0.3, -0.25) is 0 Å². The molecule has 0 fully saturated rings. The number of halogens is 1. The van der Waals surface area contributed by atoms with Crippen LogP contribution in [-0.4, -0.2) is 28.1 Å². The molecule has 5 nitrogen and oxygen atoms in total. The van der Waals surface area contributed by atoms with E-state index in [-0.39, 0.29) is 0 Å². The highest BCUT2D eigenvalue weighted by atomic mass is 127. The third kappa shape index (κ3) is 6.86. The number of esters is 1. The van der Waals surface area contributed by atoms with E-state index in [2.05, 4.69) is 5.32 Å². The monoisotopic (exact) mass is 481 g/mol. The molecule has 0 aliphatic carbocycles. The summed E-state index contributed by atoms with van der Waals surface area (Å²) in [5.74, 6) is -0.507. The number of alkyl carbamates (subject to hydrolysis) is 1. The van der Waals surface area contributed by atoms with E-state index in [1.165, 1.54) is 0 Å². The van der Waals surface area contributed by atoms with Gasteiger partial charge in [0.1, 0.15) is 11.6 Å². The number of nitrogens with one attached hydrogen (secondary N) is 1. The fourth-order valence-electron chi connectivity index (χ4n) is 2.39. The van der Waals surface area contributed by atoms with Gasteiger partial charge in [0.15, 0.2) is 6.10 Å². The summed E-state index contributed by atoms with van der Waals surface area (Å²) in [5.41, 5.74) is 1.09. The summed E-state index contributed by atoms with van der Waals surface area (Å²) in [6.07, 6.45) is -1.19. The Balaban J connectivity index is 2.16. The molecule has 2 aromatic rings. The number of alkyl halides is 1. The van der Waals surface area contributed by atoms with Crippen LogP contribution in [0.3, 0.4) is 0 Å². The smallest absolute Gasteiger partial charge is 0.408 e. The molecule has 6 heteroatoms. The quantitative estimate of drug-likeness (QED) is 0.371. The number of hydrogen-bond acceptors (Lipinski definition) is 4. The lowest BCUT2D eigenvalue weighted by atomic mass is 10.0. The van der Waals surface area contributed by atoms with E-state index in [4.69, 9.17) is 9.47 Å². The van der Waals surface area contributed by atoms with Gasteiger partial charge in [0.25, 0.3) is 0 Å². The maximum absolute atomic E-state index is 12.7. The van der Waals surface area contributed by atoms with Gasteiger partial charge in [-0.15, -0.1) is 0 Å². The van der Waals surface area contributed by atoms with E-state index < -0.39 is 29.8 Å². The summed E-state index contributed by atoms with van der Waals surface area (Å²) < 4.78 is 11.4. The van der Waals surface area contributed by atoms with Crippen LogP contribution >= 0.6 is 22.6 Å². The third-order valence-electron chi connectivity index (χ3n) is 3.57. The summed E-state index contributed by atoms with van der Waals surface area (Å²) in [6.45, 7) is 5.31. The van der Waals surface area contributed by atoms with Crippen LogP contribution in [0.4, 0.5) is 4.79 Å². The maximum Gasteiger partial charge on any atom is 0.408 e. The molecule has 0 unspecified atom stereocenters. The summed E-state index contributed by atoms with van der Waals surface area (Å²) >= 11 is 2.04. The molecule has 1 amide bonds. The molecule has 0 aliphatic heterocycles. The van der Waals surface area contributed by atoms with Crippen molar-refractivity contribution in [3.8, 4) is 0 Å². The molecule has 27 heavy (non-hydrogen) atoms. The van der Waals surface area contributed by atoms with Crippen molar-refractivity contribution >= 4 is 34.7 Å². The average molecular weight is 481 g/mol. The molecule has 0 aromatic heterocycles. The number of rotatable bonds is 6. The normalized spacial score (nSPS) is 12.3. The fourth-order valence-corrected chi connectivity index (χ4v) is 2.97. The van der Waals surface area contributed by atoms with E-state index in [0.717, 1.165) is 11.1 Å². The van der Waals surface area contributed by atoms with Crippen molar-refractivity contribution in [2.75, 3.05) is 4.43 Å². The second-order valence-corrected chi connectivity index (χ2v) is 7.87. The van der Waals surface area contributed by atoms with Gasteiger partial charge in [-0.25, -0.2) is 9.59 Å². The zero-order chi connectivity index (χ0) is 19.9. The molecular weight excluding hydrogens is 457 g/mol. The molecule has 0 radical (unpaired) electrons. The van der Waals surface area contributed by atoms with Crippen molar-refractivity contribution in [2.24, 2.45) is 0 Å². The van der Waals surface area contributed by atoms with Crippen molar-refractivity contribution in [1.82, 2.24) is 5.32 Å². The zero-order valence-corrected chi connectivity index (χ0v) is 17.8. The molecule has 0 saturated heterocycles. The topological polar surface area (TPSA) is 64.6 Å². The maximum atomic E-state index is 12.7. The number of benzene rings is 2.